The highest BCUT2D eigenvalue weighted by Crippen LogP contribution is 2.25. The van der Waals surface area contributed by atoms with Crippen LogP contribution in [0.5, 0.6) is 0 Å². The maximum atomic E-state index is 5.79. The Balaban J connectivity index is 1.94. The molecular formula is C15H13BrN4S. The predicted octanol–water partition coefficient (Wildman–Crippen LogP) is 4.44. The number of nitrogens with two attached hydrogens (primary N) is 1. The number of hydrogen-bond donors (Lipinski definition) is 2. The summed E-state index contributed by atoms with van der Waals surface area (Å²) >= 11 is 4.94. The largest absolute Gasteiger partial charge is 0.383 e. The Bertz CT molecular complexity index is 807. The number of hydrogen-bond acceptors (Lipinski definition) is 5. The van der Waals surface area contributed by atoms with Gasteiger partial charge in [0.05, 0.1) is 0 Å². The second-order valence-electron chi connectivity index (χ2n) is 4.50. The van der Waals surface area contributed by atoms with E-state index in [4.69, 9.17) is 5.73 Å². The monoisotopic (exact) mass is 360 g/mol. The number of aromatic nitrogens is 2. The normalized spacial score (nSPS) is 10.8. The van der Waals surface area contributed by atoms with Gasteiger partial charge in [0, 0.05) is 16.2 Å². The first kappa shape index (κ1) is 14.2. The highest BCUT2D eigenvalue weighted by atomic mass is 79.9. The molecule has 2 aromatic carbocycles. The predicted molar refractivity (Wildman–Crippen MR) is 93.2 cm³/mol. The van der Waals surface area contributed by atoms with E-state index in [0.29, 0.717) is 16.8 Å². The second-order valence-corrected chi connectivity index (χ2v) is 6.19. The van der Waals surface area contributed by atoms with Crippen LogP contribution in [0.25, 0.3) is 10.8 Å². The van der Waals surface area contributed by atoms with Crippen molar-refractivity contribution in [3.63, 3.8) is 0 Å². The molecule has 0 radical (unpaired) electrons. The van der Waals surface area contributed by atoms with E-state index >= 15 is 0 Å². The first-order valence-corrected chi connectivity index (χ1v) is 8.31. The van der Waals surface area contributed by atoms with E-state index in [0.717, 1.165) is 15.5 Å². The van der Waals surface area contributed by atoms with E-state index in [1.54, 1.807) is 6.07 Å². The summed E-state index contributed by atoms with van der Waals surface area (Å²) in [6.45, 7) is 0. The number of anilines is 3. The van der Waals surface area contributed by atoms with Crippen molar-refractivity contribution in [2.45, 2.75) is 5.16 Å². The van der Waals surface area contributed by atoms with Gasteiger partial charge in [-0.3, -0.25) is 0 Å². The Kier molecular flexibility index (Phi) is 3.98. The zero-order chi connectivity index (χ0) is 14.8. The number of benzene rings is 2. The average molecular weight is 361 g/mol. The van der Waals surface area contributed by atoms with Gasteiger partial charge in [-0.05, 0) is 41.3 Å². The SMILES string of the molecule is CSc1nc(N)cc(Nc2ccc3cc(Br)ccc3c2)n1. The van der Waals surface area contributed by atoms with Crippen LogP contribution in [0.2, 0.25) is 0 Å². The molecule has 6 heteroatoms. The second kappa shape index (κ2) is 5.91. The summed E-state index contributed by atoms with van der Waals surface area (Å²) in [5.74, 6) is 1.16. The maximum Gasteiger partial charge on any atom is 0.191 e. The lowest BCUT2D eigenvalue weighted by Crippen LogP contribution is -2.00. The van der Waals surface area contributed by atoms with Crippen LogP contribution in [0.4, 0.5) is 17.3 Å². The van der Waals surface area contributed by atoms with Gasteiger partial charge in [0.1, 0.15) is 11.6 Å². The molecule has 0 atom stereocenters. The molecule has 3 rings (SSSR count). The number of nitrogens with one attached hydrogen (secondary N) is 1. The van der Waals surface area contributed by atoms with Gasteiger partial charge in [0.25, 0.3) is 0 Å². The number of rotatable bonds is 3. The van der Waals surface area contributed by atoms with Crippen LogP contribution in [0.3, 0.4) is 0 Å². The molecule has 3 aromatic rings. The summed E-state index contributed by atoms with van der Waals surface area (Å²) < 4.78 is 1.07. The molecule has 1 heterocycles. The van der Waals surface area contributed by atoms with E-state index in [2.05, 4.69) is 55.5 Å². The molecule has 0 fully saturated rings. The van der Waals surface area contributed by atoms with Crippen LogP contribution in [-0.2, 0) is 0 Å². The molecule has 4 nitrogen and oxygen atoms in total. The molecule has 0 aliphatic carbocycles. The average Bonchev–Trinajstić information content (AvgIpc) is 2.47. The highest BCUT2D eigenvalue weighted by molar-refractivity contribution is 9.10. The summed E-state index contributed by atoms with van der Waals surface area (Å²) in [5.41, 5.74) is 6.75. The van der Waals surface area contributed by atoms with Crippen molar-refractivity contribution >= 4 is 55.8 Å². The molecule has 21 heavy (non-hydrogen) atoms. The van der Waals surface area contributed by atoms with E-state index in [1.165, 1.54) is 17.1 Å². The van der Waals surface area contributed by atoms with Gasteiger partial charge in [0.2, 0.25) is 0 Å². The van der Waals surface area contributed by atoms with E-state index in [9.17, 15) is 0 Å². The first-order chi connectivity index (χ1) is 10.1. The van der Waals surface area contributed by atoms with Crippen LogP contribution >= 0.6 is 27.7 Å². The summed E-state index contributed by atoms with van der Waals surface area (Å²) in [6.07, 6.45) is 1.92. The lowest BCUT2D eigenvalue weighted by atomic mass is 10.1. The Morgan fingerprint density at radius 1 is 1.05 bits per heavy atom. The molecule has 0 aliphatic rings. The lowest BCUT2D eigenvalue weighted by molar-refractivity contribution is 0.984. The van der Waals surface area contributed by atoms with Gasteiger partial charge < -0.3 is 11.1 Å². The number of thioether (sulfide) groups is 1. The molecule has 0 spiro atoms. The van der Waals surface area contributed by atoms with Crippen molar-refractivity contribution in [1.82, 2.24) is 9.97 Å². The number of nitrogen functional groups attached to an aromatic ring is 1. The smallest absolute Gasteiger partial charge is 0.191 e. The number of nitrogens with zero attached hydrogens (tertiary/aromatic N) is 2. The van der Waals surface area contributed by atoms with Crippen LogP contribution in [0.15, 0.2) is 52.1 Å². The lowest BCUT2D eigenvalue weighted by Gasteiger charge is -2.08. The van der Waals surface area contributed by atoms with Gasteiger partial charge in [-0.2, -0.15) is 0 Å². The Morgan fingerprint density at radius 2 is 1.81 bits per heavy atom. The third kappa shape index (κ3) is 3.28. The summed E-state index contributed by atoms with van der Waals surface area (Å²) in [4.78, 5) is 8.53. The summed E-state index contributed by atoms with van der Waals surface area (Å²) in [5, 5.41) is 6.27. The number of halogens is 1. The summed E-state index contributed by atoms with van der Waals surface area (Å²) in [6, 6.07) is 14.1. The molecular weight excluding hydrogens is 348 g/mol. The van der Waals surface area contributed by atoms with Crippen LogP contribution in [0.1, 0.15) is 0 Å². The first-order valence-electron chi connectivity index (χ1n) is 6.29. The molecule has 1 aromatic heterocycles. The molecule has 0 saturated carbocycles. The Morgan fingerprint density at radius 3 is 2.62 bits per heavy atom. The minimum absolute atomic E-state index is 0.460. The van der Waals surface area contributed by atoms with Crippen molar-refractivity contribution in [3.05, 3.63) is 46.9 Å². The van der Waals surface area contributed by atoms with Crippen molar-refractivity contribution in [3.8, 4) is 0 Å². The van der Waals surface area contributed by atoms with Crippen molar-refractivity contribution in [1.29, 1.82) is 0 Å². The van der Waals surface area contributed by atoms with Crippen LogP contribution in [-0.4, -0.2) is 16.2 Å². The minimum Gasteiger partial charge on any atom is -0.383 e. The quantitative estimate of drug-likeness (QED) is 0.533. The fourth-order valence-corrected chi connectivity index (χ4v) is 2.81. The molecule has 0 unspecified atom stereocenters. The van der Waals surface area contributed by atoms with Crippen LogP contribution in [0, 0.1) is 0 Å². The van der Waals surface area contributed by atoms with Gasteiger partial charge >= 0.3 is 0 Å². The Labute approximate surface area is 135 Å². The van der Waals surface area contributed by atoms with Gasteiger partial charge in [0.15, 0.2) is 5.16 Å². The van der Waals surface area contributed by atoms with E-state index in [-0.39, 0.29) is 0 Å². The van der Waals surface area contributed by atoms with E-state index < -0.39 is 0 Å². The number of fused-ring (bicyclic) bond motifs is 1. The van der Waals surface area contributed by atoms with Gasteiger partial charge in [-0.15, -0.1) is 0 Å². The topological polar surface area (TPSA) is 63.8 Å². The van der Waals surface area contributed by atoms with Crippen LogP contribution < -0.4 is 11.1 Å². The highest BCUT2D eigenvalue weighted by Gasteiger charge is 2.03. The van der Waals surface area contributed by atoms with Gasteiger partial charge in [-0.25, -0.2) is 9.97 Å². The van der Waals surface area contributed by atoms with E-state index in [1.807, 2.05) is 18.4 Å². The third-order valence-corrected chi connectivity index (χ3v) is 4.02. The summed E-state index contributed by atoms with van der Waals surface area (Å²) in [7, 11) is 0. The van der Waals surface area contributed by atoms with Crippen molar-refractivity contribution in [2.75, 3.05) is 17.3 Å². The molecule has 0 aliphatic heterocycles. The van der Waals surface area contributed by atoms with Gasteiger partial charge in [-0.1, -0.05) is 39.8 Å². The molecule has 3 N–H and O–H groups in total. The fraction of sp³-hybridized carbons (Fsp3) is 0.0667. The minimum atomic E-state index is 0.460. The maximum absolute atomic E-state index is 5.79. The molecule has 0 amide bonds. The molecule has 0 bridgehead atoms. The zero-order valence-corrected chi connectivity index (χ0v) is 13.7. The zero-order valence-electron chi connectivity index (χ0n) is 11.3. The van der Waals surface area contributed by atoms with Crippen molar-refractivity contribution in [2.24, 2.45) is 0 Å². The van der Waals surface area contributed by atoms with Crippen molar-refractivity contribution < 1.29 is 0 Å². The standard InChI is InChI=1S/C15H13BrN4S/c1-21-15-19-13(17)8-14(20-15)18-12-5-3-9-6-11(16)4-2-10(9)7-12/h2-8H,1H3,(H3,17,18,19,20). The Hall–Kier alpha value is -1.79. The molecule has 0 saturated heterocycles. The fourth-order valence-electron chi connectivity index (χ4n) is 2.04. The third-order valence-electron chi connectivity index (χ3n) is 2.98. The molecule has 106 valence electrons.